The number of hydrogen-bond donors (Lipinski definition) is 1. The summed E-state index contributed by atoms with van der Waals surface area (Å²) in [6.45, 7) is 10.7. The van der Waals surface area contributed by atoms with Crippen LogP contribution >= 0.6 is 0 Å². The molecule has 0 saturated carbocycles. The van der Waals surface area contributed by atoms with E-state index >= 15 is 0 Å². The maximum absolute atomic E-state index is 13.4. The molecule has 2 aromatic carbocycles. The third-order valence-electron chi connectivity index (χ3n) is 6.67. The number of carbonyl (C=O) groups excluding carboxylic acids is 2. The lowest BCUT2D eigenvalue weighted by Gasteiger charge is -2.25. The van der Waals surface area contributed by atoms with E-state index < -0.39 is 5.97 Å². The molecule has 0 aliphatic heterocycles. The zero-order valence-electron chi connectivity index (χ0n) is 23.3. The predicted molar refractivity (Wildman–Crippen MR) is 148 cm³/mol. The average Bonchev–Trinajstić information content (AvgIpc) is 2.85. The monoisotopic (exact) mass is 495 g/mol. The minimum atomic E-state index is -0.420. The van der Waals surface area contributed by atoms with E-state index in [1.165, 1.54) is 12.7 Å². The highest BCUT2D eigenvalue weighted by Gasteiger charge is 2.24. The summed E-state index contributed by atoms with van der Waals surface area (Å²) in [6.07, 6.45) is 7.90. The van der Waals surface area contributed by atoms with Crippen LogP contribution in [-0.4, -0.2) is 26.1 Å². The van der Waals surface area contributed by atoms with Crippen LogP contribution in [0.25, 0.3) is 0 Å². The third-order valence-corrected chi connectivity index (χ3v) is 6.67. The van der Waals surface area contributed by atoms with E-state index in [-0.39, 0.29) is 17.2 Å². The normalized spacial score (nSPS) is 12.2. The van der Waals surface area contributed by atoms with Gasteiger partial charge < -0.3 is 14.8 Å². The number of unbranched alkanes of at least 4 members (excludes halogenated alkanes) is 3. The van der Waals surface area contributed by atoms with Gasteiger partial charge in [-0.1, -0.05) is 78.5 Å². The maximum atomic E-state index is 13.4. The number of esters is 1. The zero-order valence-corrected chi connectivity index (χ0v) is 23.3. The van der Waals surface area contributed by atoms with Crippen molar-refractivity contribution in [2.75, 3.05) is 19.5 Å². The Kier molecular flexibility index (Phi) is 11.5. The molecule has 198 valence electrons. The van der Waals surface area contributed by atoms with Crippen LogP contribution in [0.5, 0.6) is 5.75 Å². The number of amides is 1. The fraction of sp³-hybridized carbons (Fsp3) is 0.548. The van der Waals surface area contributed by atoms with Crippen molar-refractivity contribution in [3.63, 3.8) is 0 Å². The molecule has 0 fully saturated rings. The molecule has 0 aliphatic rings. The molecule has 36 heavy (non-hydrogen) atoms. The second kappa shape index (κ2) is 14.1. The first-order chi connectivity index (χ1) is 17.1. The minimum absolute atomic E-state index is 0.0496. The van der Waals surface area contributed by atoms with Crippen molar-refractivity contribution < 1.29 is 19.1 Å². The molecule has 0 bridgehead atoms. The molecule has 0 spiro atoms. The van der Waals surface area contributed by atoms with Gasteiger partial charge in [-0.25, -0.2) is 4.79 Å². The lowest BCUT2D eigenvalue weighted by atomic mass is 9.84. The summed E-state index contributed by atoms with van der Waals surface area (Å²) < 4.78 is 10.7. The molecule has 1 atom stereocenters. The first kappa shape index (κ1) is 29.4. The summed E-state index contributed by atoms with van der Waals surface area (Å²) in [5.74, 6) is 0.423. The molecule has 0 radical (unpaired) electrons. The van der Waals surface area contributed by atoms with Gasteiger partial charge in [-0.3, -0.25) is 4.79 Å². The Morgan fingerprint density at radius 1 is 0.944 bits per heavy atom. The summed E-state index contributed by atoms with van der Waals surface area (Å²) in [4.78, 5) is 25.5. The highest BCUT2D eigenvalue weighted by atomic mass is 16.5. The van der Waals surface area contributed by atoms with E-state index in [2.05, 4.69) is 58.1 Å². The molecule has 0 saturated heterocycles. The van der Waals surface area contributed by atoms with Crippen molar-refractivity contribution in [3.8, 4) is 5.75 Å². The summed E-state index contributed by atoms with van der Waals surface area (Å²) in [6, 6.07) is 11.8. The number of rotatable bonds is 13. The number of ether oxygens (including phenoxy) is 2. The van der Waals surface area contributed by atoms with E-state index in [9.17, 15) is 9.59 Å². The molecule has 2 rings (SSSR count). The molecule has 5 nitrogen and oxygen atoms in total. The van der Waals surface area contributed by atoms with Crippen LogP contribution in [0, 0.1) is 0 Å². The summed E-state index contributed by atoms with van der Waals surface area (Å²) >= 11 is 0. The van der Waals surface area contributed by atoms with Crippen molar-refractivity contribution in [1.29, 1.82) is 0 Å². The number of aryl methyl sites for hydroxylation is 1. The molecule has 0 aromatic heterocycles. The third kappa shape index (κ3) is 8.39. The van der Waals surface area contributed by atoms with E-state index in [4.69, 9.17) is 9.47 Å². The van der Waals surface area contributed by atoms with Crippen LogP contribution in [0.1, 0.15) is 113 Å². The molecule has 0 heterocycles. The second-order valence-corrected chi connectivity index (χ2v) is 10.6. The fourth-order valence-corrected chi connectivity index (χ4v) is 4.61. The van der Waals surface area contributed by atoms with Gasteiger partial charge in [-0.05, 0) is 65.5 Å². The van der Waals surface area contributed by atoms with Crippen LogP contribution in [0.15, 0.2) is 36.4 Å². The smallest absolute Gasteiger partial charge is 0.337 e. The van der Waals surface area contributed by atoms with Crippen molar-refractivity contribution in [2.45, 2.75) is 97.3 Å². The minimum Gasteiger partial charge on any atom is -0.496 e. The summed E-state index contributed by atoms with van der Waals surface area (Å²) in [7, 11) is 3.07. The van der Waals surface area contributed by atoms with Crippen molar-refractivity contribution >= 4 is 17.6 Å². The van der Waals surface area contributed by atoms with E-state index in [0.717, 1.165) is 61.8 Å². The lowest BCUT2D eigenvalue weighted by molar-refractivity contribution is -0.116. The van der Waals surface area contributed by atoms with Crippen LogP contribution < -0.4 is 10.1 Å². The van der Waals surface area contributed by atoms with Gasteiger partial charge in [-0.15, -0.1) is 0 Å². The first-order valence-corrected chi connectivity index (χ1v) is 13.3. The molecule has 1 amide bonds. The van der Waals surface area contributed by atoms with Crippen LogP contribution in [0.4, 0.5) is 5.69 Å². The molecule has 0 aliphatic carbocycles. The Bertz CT molecular complexity index is 1010. The Hall–Kier alpha value is -2.82. The highest BCUT2D eigenvalue weighted by molar-refractivity contribution is 5.96. The van der Waals surface area contributed by atoms with E-state index in [1.54, 1.807) is 19.2 Å². The topological polar surface area (TPSA) is 64.6 Å². The predicted octanol–water partition coefficient (Wildman–Crippen LogP) is 7.81. The molecular weight excluding hydrogens is 450 g/mol. The van der Waals surface area contributed by atoms with Crippen LogP contribution in [0.3, 0.4) is 0 Å². The van der Waals surface area contributed by atoms with Gasteiger partial charge in [0.15, 0.2) is 0 Å². The van der Waals surface area contributed by atoms with Crippen molar-refractivity contribution in [2.24, 2.45) is 0 Å². The number of anilines is 1. The number of carbonyl (C=O) groups is 2. The Morgan fingerprint density at radius 3 is 2.28 bits per heavy atom. The lowest BCUT2D eigenvalue weighted by Crippen LogP contribution is -2.21. The van der Waals surface area contributed by atoms with Crippen LogP contribution in [0.2, 0.25) is 0 Å². The molecule has 5 heteroatoms. The van der Waals surface area contributed by atoms with Gasteiger partial charge >= 0.3 is 5.97 Å². The highest BCUT2D eigenvalue weighted by Crippen LogP contribution is 2.36. The van der Waals surface area contributed by atoms with Gasteiger partial charge in [0.1, 0.15) is 5.75 Å². The molecule has 1 N–H and O–H groups in total. The molecule has 1 unspecified atom stereocenters. The molecule has 2 aromatic rings. The Labute approximate surface area is 218 Å². The number of nitrogens with one attached hydrogen (secondary N) is 1. The van der Waals surface area contributed by atoms with Gasteiger partial charge in [0, 0.05) is 12.1 Å². The van der Waals surface area contributed by atoms with Gasteiger partial charge in [0.25, 0.3) is 0 Å². The standard InChI is InChI=1S/C31H45NO4/c1-8-10-12-14-23(25-17-15-22(13-11-9-2)19-28(25)35-6)21-29(33)32-27-20-24(30(34)36-7)16-18-26(27)31(3,4)5/h15-20,23H,8-14,21H2,1-7H3,(H,32,33). The van der Waals surface area contributed by atoms with Crippen molar-refractivity contribution in [1.82, 2.24) is 0 Å². The zero-order chi connectivity index (χ0) is 26.7. The average molecular weight is 496 g/mol. The summed E-state index contributed by atoms with van der Waals surface area (Å²) in [5.41, 5.74) is 4.21. The van der Waals surface area contributed by atoms with Gasteiger partial charge in [-0.2, -0.15) is 0 Å². The SMILES string of the molecule is CCCCCC(CC(=O)Nc1cc(C(=O)OC)ccc1C(C)(C)C)c1ccc(CCCC)cc1OC. The number of benzene rings is 2. The maximum Gasteiger partial charge on any atom is 0.337 e. The first-order valence-electron chi connectivity index (χ1n) is 13.3. The Morgan fingerprint density at radius 2 is 1.67 bits per heavy atom. The van der Waals surface area contributed by atoms with Gasteiger partial charge in [0.2, 0.25) is 5.91 Å². The van der Waals surface area contributed by atoms with Crippen LogP contribution in [-0.2, 0) is 21.4 Å². The molecular formula is C31H45NO4. The quantitative estimate of drug-likeness (QED) is 0.227. The van der Waals surface area contributed by atoms with E-state index in [1.807, 2.05) is 6.07 Å². The fourth-order valence-electron chi connectivity index (χ4n) is 4.61. The second-order valence-electron chi connectivity index (χ2n) is 10.6. The number of hydrogen-bond acceptors (Lipinski definition) is 4. The number of methoxy groups -OCH3 is 2. The van der Waals surface area contributed by atoms with E-state index in [0.29, 0.717) is 17.7 Å². The Balaban J connectivity index is 2.34. The largest absolute Gasteiger partial charge is 0.496 e. The van der Waals surface area contributed by atoms with Gasteiger partial charge in [0.05, 0.1) is 19.8 Å². The summed E-state index contributed by atoms with van der Waals surface area (Å²) in [5, 5.41) is 3.12. The van der Waals surface area contributed by atoms with Crippen molar-refractivity contribution in [3.05, 3.63) is 58.7 Å².